The summed E-state index contributed by atoms with van der Waals surface area (Å²) in [7, 11) is 0. The summed E-state index contributed by atoms with van der Waals surface area (Å²) in [5, 5.41) is 12.1. The van der Waals surface area contributed by atoms with Gasteiger partial charge in [-0.25, -0.2) is 4.79 Å². The molecule has 0 fully saturated rings. The van der Waals surface area contributed by atoms with E-state index in [1.54, 1.807) is 17.4 Å². The Labute approximate surface area is 176 Å². The molecule has 9 heteroatoms. The average Bonchev–Trinajstić information content (AvgIpc) is 3.16. The van der Waals surface area contributed by atoms with E-state index in [0.717, 1.165) is 10.9 Å². The van der Waals surface area contributed by atoms with Gasteiger partial charge in [-0.05, 0) is 44.5 Å². The number of nitrogens with one attached hydrogen (secondary N) is 1. The van der Waals surface area contributed by atoms with Crippen molar-refractivity contribution in [1.82, 2.24) is 19.9 Å². The predicted molar refractivity (Wildman–Crippen MR) is 112 cm³/mol. The number of carbonyl (C=O) groups is 1. The molecule has 1 atom stereocenters. The molecule has 0 aliphatic carbocycles. The lowest BCUT2D eigenvalue weighted by molar-refractivity contribution is -0.123. The Morgan fingerprint density at radius 3 is 2.87 bits per heavy atom. The van der Waals surface area contributed by atoms with Gasteiger partial charge in [-0.2, -0.15) is 0 Å². The summed E-state index contributed by atoms with van der Waals surface area (Å²) < 4.78 is 12.7. The SMILES string of the molecule is Cc1c(C)c2cc(Cl)c(OCC(=O)NC(C)c3nnc4ccccn34)cc2oc1=O. The van der Waals surface area contributed by atoms with Crippen LogP contribution in [0, 0.1) is 13.8 Å². The molecule has 3 aromatic heterocycles. The fourth-order valence-corrected chi connectivity index (χ4v) is 3.42. The van der Waals surface area contributed by atoms with E-state index in [0.29, 0.717) is 27.6 Å². The zero-order valence-electron chi connectivity index (χ0n) is 16.6. The third-order valence-electron chi connectivity index (χ3n) is 4.97. The van der Waals surface area contributed by atoms with Crippen LogP contribution in [0.3, 0.4) is 0 Å². The number of halogens is 1. The monoisotopic (exact) mass is 426 g/mol. The minimum absolute atomic E-state index is 0.256. The van der Waals surface area contributed by atoms with Crippen molar-refractivity contribution in [2.24, 2.45) is 0 Å². The molecule has 1 unspecified atom stereocenters. The van der Waals surface area contributed by atoms with Crippen LogP contribution >= 0.6 is 11.6 Å². The summed E-state index contributed by atoms with van der Waals surface area (Å²) in [6.45, 7) is 5.07. The summed E-state index contributed by atoms with van der Waals surface area (Å²) in [6.07, 6.45) is 1.83. The van der Waals surface area contributed by atoms with Gasteiger partial charge < -0.3 is 14.5 Å². The molecule has 1 N–H and O–H groups in total. The molecule has 4 rings (SSSR count). The highest BCUT2D eigenvalue weighted by Crippen LogP contribution is 2.31. The average molecular weight is 427 g/mol. The highest BCUT2D eigenvalue weighted by atomic mass is 35.5. The molecule has 8 nitrogen and oxygen atoms in total. The zero-order valence-corrected chi connectivity index (χ0v) is 17.4. The number of amides is 1. The number of fused-ring (bicyclic) bond motifs is 2. The first-order chi connectivity index (χ1) is 14.3. The van der Waals surface area contributed by atoms with Crippen LogP contribution in [0.25, 0.3) is 16.6 Å². The smallest absolute Gasteiger partial charge is 0.339 e. The molecular weight excluding hydrogens is 408 g/mol. The van der Waals surface area contributed by atoms with Crippen LogP contribution in [0.1, 0.15) is 29.9 Å². The second-order valence-electron chi connectivity index (χ2n) is 6.98. The van der Waals surface area contributed by atoms with Gasteiger partial charge in [0.05, 0.1) is 11.1 Å². The van der Waals surface area contributed by atoms with Gasteiger partial charge in [0.1, 0.15) is 11.3 Å². The molecule has 0 radical (unpaired) electrons. The van der Waals surface area contributed by atoms with E-state index in [4.69, 9.17) is 20.8 Å². The van der Waals surface area contributed by atoms with Crippen molar-refractivity contribution in [3.05, 3.63) is 68.9 Å². The summed E-state index contributed by atoms with van der Waals surface area (Å²) in [4.78, 5) is 24.3. The number of aryl methyl sites for hydroxylation is 1. The van der Waals surface area contributed by atoms with Crippen LogP contribution in [0.5, 0.6) is 5.75 Å². The van der Waals surface area contributed by atoms with Crippen LogP contribution in [-0.4, -0.2) is 27.1 Å². The molecule has 0 aliphatic rings. The van der Waals surface area contributed by atoms with Crippen molar-refractivity contribution in [2.75, 3.05) is 6.61 Å². The summed E-state index contributed by atoms with van der Waals surface area (Å²) in [6, 6.07) is 8.37. The number of hydrogen-bond donors (Lipinski definition) is 1. The fourth-order valence-electron chi connectivity index (χ4n) is 3.20. The Morgan fingerprint density at radius 2 is 2.07 bits per heavy atom. The van der Waals surface area contributed by atoms with E-state index in [1.807, 2.05) is 38.2 Å². The Hall–Kier alpha value is -3.39. The third kappa shape index (κ3) is 3.61. The molecule has 1 aromatic carbocycles. The summed E-state index contributed by atoms with van der Waals surface area (Å²) in [5.74, 6) is 0.509. The molecule has 3 heterocycles. The maximum Gasteiger partial charge on any atom is 0.339 e. The minimum Gasteiger partial charge on any atom is -0.482 e. The Morgan fingerprint density at radius 1 is 1.27 bits per heavy atom. The molecular formula is C21H19ClN4O4. The third-order valence-corrected chi connectivity index (χ3v) is 5.27. The highest BCUT2D eigenvalue weighted by Gasteiger charge is 2.17. The Bertz CT molecular complexity index is 1330. The van der Waals surface area contributed by atoms with Gasteiger partial charge in [0, 0.05) is 23.2 Å². The first kappa shape index (κ1) is 19.9. The molecule has 0 bridgehead atoms. The molecule has 0 saturated carbocycles. The van der Waals surface area contributed by atoms with Crippen molar-refractivity contribution in [2.45, 2.75) is 26.8 Å². The number of rotatable bonds is 5. The number of carbonyl (C=O) groups excluding carboxylic acids is 1. The van der Waals surface area contributed by atoms with E-state index in [2.05, 4.69) is 15.5 Å². The predicted octanol–water partition coefficient (Wildman–Crippen LogP) is 3.36. The number of benzene rings is 1. The lowest BCUT2D eigenvalue weighted by Gasteiger charge is -2.14. The Balaban J connectivity index is 1.48. The largest absolute Gasteiger partial charge is 0.482 e. The molecule has 30 heavy (non-hydrogen) atoms. The quantitative estimate of drug-likeness (QED) is 0.491. The van der Waals surface area contributed by atoms with E-state index in [9.17, 15) is 9.59 Å². The van der Waals surface area contributed by atoms with Crippen molar-refractivity contribution < 1.29 is 13.9 Å². The lowest BCUT2D eigenvalue weighted by atomic mass is 10.1. The van der Waals surface area contributed by atoms with Gasteiger partial charge >= 0.3 is 5.63 Å². The maximum absolute atomic E-state index is 12.4. The van der Waals surface area contributed by atoms with Crippen molar-refractivity contribution in [1.29, 1.82) is 0 Å². The second kappa shape index (κ2) is 7.79. The van der Waals surface area contributed by atoms with Gasteiger partial charge in [-0.3, -0.25) is 9.20 Å². The van der Waals surface area contributed by atoms with E-state index in [1.165, 1.54) is 6.07 Å². The molecule has 1 amide bonds. The van der Waals surface area contributed by atoms with Crippen LogP contribution < -0.4 is 15.7 Å². The van der Waals surface area contributed by atoms with Crippen LogP contribution in [0.2, 0.25) is 5.02 Å². The first-order valence-corrected chi connectivity index (χ1v) is 9.68. The summed E-state index contributed by atoms with van der Waals surface area (Å²) >= 11 is 6.30. The molecule has 154 valence electrons. The van der Waals surface area contributed by atoms with Crippen LogP contribution in [0.4, 0.5) is 0 Å². The number of ether oxygens (including phenoxy) is 1. The maximum atomic E-state index is 12.4. The van der Waals surface area contributed by atoms with Crippen molar-refractivity contribution in [3.8, 4) is 5.75 Å². The van der Waals surface area contributed by atoms with Crippen LogP contribution in [-0.2, 0) is 4.79 Å². The first-order valence-electron chi connectivity index (χ1n) is 9.30. The van der Waals surface area contributed by atoms with Crippen molar-refractivity contribution in [3.63, 3.8) is 0 Å². The van der Waals surface area contributed by atoms with Gasteiger partial charge in [-0.1, -0.05) is 17.7 Å². The van der Waals surface area contributed by atoms with Gasteiger partial charge in [0.2, 0.25) is 0 Å². The van der Waals surface area contributed by atoms with E-state index < -0.39 is 5.63 Å². The second-order valence-corrected chi connectivity index (χ2v) is 7.39. The number of pyridine rings is 1. The number of hydrogen-bond acceptors (Lipinski definition) is 6. The zero-order chi connectivity index (χ0) is 21.4. The van der Waals surface area contributed by atoms with E-state index in [-0.39, 0.29) is 24.3 Å². The number of aromatic nitrogens is 3. The highest BCUT2D eigenvalue weighted by molar-refractivity contribution is 6.32. The minimum atomic E-state index is -0.416. The lowest BCUT2D eigenvalue weighted by Crippen LogP contribution is -2.32. The molecule has 0 aliphatic heterocycles. The Kier molecular flexibility index (Phi) is 5.17. The van der Waals surface area contributed by atoms with E-state index >= 15 is 0 Å². The van der Waals surface area contributed by atoms with Crippen LogP contribution in [0.15, 0.2) is 45.7 Å². The van der Waals surface area contributed by atoms with Crippen molar-refractivity contribution >= 4 is 34.1 Å². The fraction of sp³-hybridized carbons (Fsp3) is 0.238. The normalized spacial score (nSPS) is 12.3. The topological polar surface area (TPSA) is 98.7 Å². The van der Waals surface area contributed by atoms with Gasteiger partial charge in [0.25, 0.3) is 5.91 Å². The standard InChI is InChI=1S/C21H19ClN4O4/c1-11-12(2)21(28)30-16-9-17(15(22)8-14(11)16)29-10-19(27)23-13(3)20-25-24-18-6-4-5-7-26(18)20/h4-9,13H,10H2,1-3H3,(H,23,27). The molecule has 4 aromatic rings. The number of nitrogens with zero attached hydrogens (tertiary/aromatic N) is 3. The summed E-state index contributed by atoms with van der Waals surface area (Å²) in [5.41, 5.74) is 1.95. The molecule has 0 spiro atoms. The van der Waals surface area contributed by atoms with Gasteiger partial charge in [0.15, 0.2) is 18.1 Å². The van der Waals surface area contributed by atoms with Gasteiger partial charge in [-0.15, -0.1) is 10.2 Å². The molecule has 0 saturated heterocycles.